The van der Waals surface area contributed by atoms with Crippen LogP contribution in [-0.2, 0) is 0 Å². The van der Waals surface area contributed by atoms with Crippen LogP contribution in [0.4, 0.5) is 5.13 Å². The molecule has 0 radical (unpaired) electrons. The topological polar surface area (TPSA) is 51.2 Å². The Morgan fingerprint density at radius 1 is 1.19 bits per heavy atom. The number of aromatic nitrogens is 1. The Kier molecular flexibility index (Phi) is 3.98. The summed E-state index contributed by atoms with van der Waals surface area (Å²) < 4.78 is 5.13. The number of benzene rings is 1. The van der Waals surface area contributed by atoms with Gasteiger partial charge in [0.2, 0.25) is 0 Å². The minimum Gasteiger partial charge on any atom is -0.497 e. The van der Waals surface area contributed by atoms with Crippen LogP contribution in [0, 0.1) is 0 Å². The molecular weight excluding hydrogens is 304 g/mol. The number of anilines is 1. The molecule has 0 fully saturated rings. The fourth-order valence-corrected chi connectivity index (χ4v) is 3.14. The van der Waals surface area contributed by atoms with Crippen molar-refractivity contribution in [3.05, 3.63) is 52.0 Å². The highest BCUT2D eigenvalue weighted by molar-refractivity contribution is 7.14. The maximum Gasteiger partial charge on any atom is 0.258 e. The summed E-state index contributed by atoms with van der Waals surface area (Å²) in [5.41, 5.74) is 2.48. The van der Waals surface area contributed by atoms with Gasteiger partial charge in [-0.15, -0.1) is 11.3 Å². The van der Waals surface area contributed by atoms with Gasteiger partial charge in [-0.25, -0.2) is 4.98 Å². The van der Waals surface area contributed by atoms with Crippen LogP contribution in [0.1, 0.15) is 10.4 Å². The summed E-state index contributed by atoms with van der Waals surface area (Å²) in [5, 5.41) is 9.01. The molecule has 21 heavy (non-hydrogen) atoms. The highest BCUT2D eigenvalue weighted by Crippen LogP contribution is 2.26. The molecule has 0 bridgehead atoms. The highest BCUT2D eigenvalue weighted by Gasteiger charge is 2.10. The number of carbonyl (C=O) groups is 1. The van der Waals surface area contributed by atoms with Crippen molar-refractivity contribution in [1.29, 1.82) is 0 Å². The zero-order valence-electron chi connectivity index (χ0n) is 11.2. The Hall–Kier alpha value is -2.18. The van der Waals surface area contributed by atoms with Crippen LogP contribution in [0.3, 0.4) is 0 Å². The number of methoxy groups -OCH3 is 1. The lowest BCUT2D eigenvalue weighted by molar-refractivity contribution is 0.102. The van der Waals surface area contributed by atoms with E-state index in [2.05, 4.69) is 10.3 Å². The molecule has 0 aliphatic carbocycles. The van der Waals surface area contributed by atoms with E-state index in [0.29, 0.717) is 10.7 Å². The van der Waals surface area contributed by atoms with Gasteiger partial charge in [-0.05, 0) is 35.7 Å². The molecule has 3 aromatic rings. The van der Waals surface area contributed by atoms with E-state index in [1.165, 1.54) is 22.7 Å². The molecule has 4 nitrogen and oxygen atoms in total. The largest absolute Gasteiger partial charge is 0.497 e. The van der Waals surface area contributed by atoms with Gasteiger partial charge < -0.3 is 4.74 Å². The number of thiophene rings is 1. The molecule has 6 heteroatoms. The van der Waals surface area contributed by atoms with E-state index in [4.69, 9.17) is 4.74 Å². The van der Waals surface area contributed by atoms with Gasteiger partial charge in [-0.2, -0.15) is 11.3 Å². The summed E-state index contributed by atoms with van der Waals surface area (Å²) in [6.45, 7) is 0. The van der Waals surface area contributed by atoms with Gasteiger partial charge in [0.1, 0.15) is 5.75 Å². The van der Waals surface area contributed by atoms with E-state index in [-0.39, 0.29) is 5.91 Å². The summed E-state index contributed by atoms with van der Waals surface area (Å²) >= 11 is 2.90. The zero-order valence-corrected chi connectivity index (χ0v) is 12.8. The second kappa shape index (κ2) is 6.07. The van der Waals surface area contributed by atoms with Crippen LogP contribution in [0.5, 0.6) is 5.75 Å². The van der Waals surface area contributed by atoms with E-state index in [1.54, 1.807) is 13.2 Å². The van der Waals surface area contributed by atoms with Gasteiger partial charge in [0, 0.05) is 16.3 Å². The first kappa shape index (κ1) is 13.8. The molecule has 0 aliphatic heterocycles. The van der Waals surface area contributed by atoms with Crippen molar-refractivity contribution in [3.8, 4) is 17.0 Å². The lowest BCUT2D eigenvalue weighted by Crippen LogP contribution is -2.10. The number of rotatable bonds is 4. The second-order valence-electron chi connectivity index (χ2n) is 4.23. The Bertz CT molecular complexity index is 733. The predicted octanol–water partition coefficient (Wildman–Crippen LogP) is 4.13. The van der Waals surface area contributed by atoms with Gasteiger partial charge in [-0.3, -0.25) is 10.1 Å². The number of ether oxygens (including phenoxy) is 1. The van der Waals surface area contributed by atoms with Crippen molar-refractivity contribution in [1.82, 2.24) is 4.98 Å². The molecule has 0 saturated carbocycles. The van der Waals surface area contributed by atoms with Gasteiger partial charge in [0.25, 0.3) is 5.91 Å². The number of hydrogen-bond donors (Lipinski definition) is 1. The minimum atomic E-state index is -0.133. The molecule has 0 saturated heterocycles. The Morgan fingerprint density at radius 2 is 2.00 bits per heavy atom. The minimum absolute atomic E-state index is 0.133. The highest BCUT2D eigenvalue weighted by atomic mass is 32.1. The first-order valence-electron chi connectivity index (χ1n) is 6.20. The molecule has 0 unspecified atom stereocenters. The lowest BCUT2D eigenvalue weighted by Gasteiger charge is -2.01. The average molecular weight is 316 g/mol. The maximum atomic E-state index is 12.0. The molecule has 3 rings (SSSR count). The smallest absolute Gasteiger partial charge is 0.258 e. The zero-order chi connectivity index (χ0) is 14.7. The molecule has 106 valence electrons. The van der Waals surface area contributed by atoms with Crippen LogP contribution in [0.15, 0.2) is 46.5 Å². The fourth-order valence-electron chi connectivity index (χ4n) is 1.79. The summed E-state index contributed by atoms with van der Waals surface area (Å²) in [6, 6.07) is 9.45. The molecule has 0 spiro atoms. The monoisotopic (exact) mass is 316 g/mol. The molecule has 1 amide bonds. The maximum absolute atomic E-state index is 12.0. The molecule has 2 aromatic heterocycles. The van der Waals surface area contributed by atoms with E-state index < -0.39 is 0 Å². The average Bonchev–Trinajstić information content (AvgIpc) is 3.19. The molecule has 1 N–H and O–H groups in total. The van der Waals surface area contributed by atoms with E-state index in [0.717, 1.165) is 17.0 Å². The summed E-state index contributed by atoms with van der Waals surface area (Å²) in [6.07, 6.45) is 0. The fraction of sp³-hybridized carbons (Fsp3) is 0.0667. The van der Waals surface area contributed by atoms with Crippen molar-refractivity contribution in [2.24, 2.45) is 0 Å². The molecule has 0 atom stereocenters. The summed E-state index contributed by atoms with van der Waals surface area (Å²) in [7, 11) is 1.63. The van der Waals surface area contributed by atoms with Crippen LogP contribution < -0.4 is 10.1 Å². The third-order valence-corrected chi connectivity index (χ3v) is 4.33. The van der Waals surface area contributed by atoms with Gasteiger partial charge in [-0.1, -0.05) is 0 Å². The van der Waals surface area contributed by atoms with Crippen molar-refractivity contribution in [2.75, 3.05) is 12.4 Å². The second-order valence-corrected chi connectivity index (χ2v) is 5.87. The lowest BCUT2D eigenvalue weighted by atomic mass is 10.2. The van der Waals surface area contributed by atoms with Crippen molar-refractivity contribution in [2.45, 2.75) is 0 Å². The molecule has 1 aromatic carbocycles. The number of nitrogens with one attached hydrogen (secondary N) is 1. The first-order chi connectivity index (χ1) is 10.3. The van der Waals surface area contributed by atoms with Crippen LogP contribution in [-0.4, -0.2) is 18.0 Å². The van der Waals surface area contributed by atoms with Crippen LogP contribution >= 0.6 is 22.7 Å². The van der Waals surface area contributed by atoms with Crippen LogP contribution in [0.25, 0.3) is 11.3 Å². The number of hydrogen-bond acceptors (Lipinski definition) is 5. The van der Waals surface area contributed by atoms with Gasteiger partial charge >= 0.3 is 0 Å². The predicted molar refractivity (Wildman–Crippen MR) is 86.4 cm³/mol. The van der Waals surface area contributed by atoms with Gasteiger partial charge in [0.15, 0.2) is 5.13 Å². The number of nitrogens with zero attached hydrogens (tertiary/aromatic N) is 1. The Morgan fingerprint density at radius 3 is 2.67 bits per heavy atom. The van der Waals surface area contributed by atoms with E-state index >= 15 is 0 Å². The van der Waals surface area contributed by atoms with E-state index in [9.17, 15) is 4.79 Å². The normalized spacial score (nSPS) is 10.3. The van der Waals surface area contributed by atoms with Crippen LogP contribution in [0.2, 0.25) is 0 Å². The Labute approximate surface area is 130 Å². The molecular formula is C15H12N2O2S2. The number of thiazole rings is 1. The van der Waals surface area contributed by atoms with E-state index in [1.807, 2.05) is 40.4 Å². The van der Waals surface area contributed by atoms with Gasteiger partial charge in [0.05, 0.1) is 18.4 Å². The number of carbonyl (C=O) groups excluding carboxylic acids is 1. The number of amides is 1. The quantitative estimate of drug-likeness (QED) is 0.787. The van der Waals surface area contributed by atoms with Crippen molar-refractivity contribution in [3.63, 3.8) is 0 Å². The van der Waals surface area contributed by atoms with Crippen molar-refractivity contribution >= 4 is 33.7 Å². The SMILES string of the molecule is COc1ccc(-c2csc(NC(=O)c3ccsc3)n2)cc1. The molecule has 0 aliphatic rings. The first-order valence-corrected chi connectivity index (χ1v) is 8.02. The third-order valence-electron chi connectivity index (χ3n) is 2.89. The standard InChI is InChI=1S/C15H12N2O2S2/c1-19-12-4-2-10(3-5-12)13-9-21-15(16-13)17-14(18)11-6-7-20-8-11/h2-9H,1H3,(H,16,17,18). The third kappa shape index (κ3) is 3.12. The summed E-state index contributed by atoms with van der Waals surface area (Å²) in [5.74, 6) is 0.673. The Balaban J connectivity index is 1.75. The summed E-state index contributed by atoms with van der Waals surface area (Å²) in [4.78, 5) is 16.4. The molecule has 2 heterocycles. The van der Waals surface area contributed by atoms with Crippen molar-refractivity contribution < 1.29 is 9.53 Å².